The van der Waals surface area contributed by atoms with Crippen LogP contribution in [0.3, 0.4) is 0 Å². The van der Waals surface area contributed by atoms with Crippen molar-refractivity contribution in [2.75, 3.05) is 27.2 Å². The summed E-state index contributed by atoms with van der Waals surface area (Å²) in [5, 5.41) is 7.08. The van der Waals surface area contributed by atoms with E-state index in [-0.39, 0.29) is 5.54 Å². The first-order valence-electron chi connectivity index (χ1n) is 6.91. The molecule has 1 unspecified atom stereocenters. The van der Waals surface area contributed by atoms with Crippen LogP contribution in [0.2, 0.25) is 0 Å². The van der Waals surface area contributed by atoms with Gasteiger partial charge in [-0.25, -0.2) is 4.98 Å². The Balaban J connectivity index is 2.24. The molecule has 0 saturated carbocycles. The van der Waals surface area contributed by atoms with E-state index in [1.807, 2.05) is 11.3 Å². The van der Waals surface area contributed by atoms with Crippen LogP contribution in [0.15, 0.2) is 5.38 Å². The number of aromatic nitrogens is 1. The summed E-state index contributed by atoms with van der Waals surface area (Å²) in [4.78, 5) is 7.31. The maximum absolute atomic E-state index is 4.88. The molecule has 102 valence electrons. The van der Waals surface area contributed by atoms with E-state index in [1.165, 1.54) is 30.1 Å². The highest BCUT2D eigenvalue weighted by Crippen LogP contribution is 2.35. The van der Waals surface area contributed by atoms with Crippen molar-refractivity contribution in [3.63, 3.8) is 0 Å². The van der Waals surface area contributed by atoms with Crippen molar-refractivity contribution in [3.8, 4) is 0 Å². The van der Waals surface area contributed by atoms with E-state index in [1.54, 1.807) is 0 Å². The van der Waals surface area contributed by atoms with Crippen molar-refractivity contribution in [1.82, 2.24) is 15.2 Å². The van der Waals surface area contributed by atoms with E-state index in [4.69, 9.17) is 4.98 Å². The van der Waals surface area contributed by atoms with Gasteiger partial charge in [-0.15, -0.1) is 11.3 Å². The zero-order valence-electron chi connectivity index (χ0n) is 12.0. The first kappa shape index (κ1) is 14.0. The number of hydrogen-bond acceptors (Lipinski definition) is 4. The lowest BCUT2D eigenvalue weighted by atomic mass is 9.91. The fourth-order valence-electron chi connectivity index (χ4n) is 2.61. The topological polar surface area (TPSA) is 28.2 Å². The zero-order chi connectivity index (χ0) is 13.2. The molecule has 3 nitrogen and oxygen atoms in total. The van der Waals surface area contributed by atoms with E-state index in [2.05, 4.69) is 43.5 Å². The third-order valence-corrected chi connectivity index (χ3v) is 5.13. The van der Waals surface area contributed by atoms with Crippen LogP contribution in [-0.2, 0) is 5.54 Å². The van der Waals surface area contributed by atoms with Crippen LogP contribution in [0.25, 0.3) is 0 Å². The Hall–Kier alpha value is -0.450. The van der Waals surface area contributed by atoms with Crippen LogP contribution < -0.4 is 5.32 Å². The van der Waals surface area contributed by atoms with E-state index < -0.39 is 0 Å². The second-order valence-electron chi connectivity index (χ2n) is 5.72. The van der Waals surface area contributed by atoms with Crippen molar-refractivity contribution in [3.05, 3.63) is 16.1 Å². The number of hydrogen-bond donors (Lipinski definition) is 1. The number of nitrogens with zero attached hydrogens (tertiary/aromatic N) is 2. The highest BCUT2D eigenvalue weighted by atomic mass is 32.1. The second kappa shape index (κ2) is 5.68. The van der Waals surface area contributed by atoms with Gasteiger partial charge in [0.1, 0.15) is 5.01 Å². The summed E-state index contributed by atoms with van der Waals surface area (Å²) in [6.07, 6.45) is 3.60. The summed E-state index contributed by atoms with van der Waals surface area (Å²) < 4.78 is 0. The molecule has 0 aromatic carbocycles. The van der Waals surface area contributed by atoms with Gasteiger partial charge in [0, 0.05) is 11.9 Å². The highest BCUT2D eigenvalue weighted by molar-refractivity contribution is 7.09. The van der Waals surface area contributed by atoms with Crippen LogP contribution in [0.4, 0.5) is 0 Å². The number of likely N-dealkylation sites (tertiary alicyclic amines) is 1. The smallest absolute Gasteiger partial charge is 0.113 e. The molecule has 0 amide bonds. The average Bonchev–Trinajstić information content (AvgIpc) is 2.76. The Morgan fingerprint density at radius 3 is 2.78 bits per heavy atom. The predicted octanol–water partition coefficient (Wildman–Crippen LogP) is 2.80. The van der Waals surface area contributed by atoms with Gasteiger partial charge < -0.3 is 10.2 Å². The van der Waals surface area contributed by atoms with Crippen LogP contribution in [0.1, 0.15) is 49.7 Å². The molecular weight excluding hydrogens is 242 g/mol. The molecule has 0 aliphatic carbocycles. The lowest BCUT2D eigenvalue weighted by molar-refractivity contribution is 0.296. The summed E-state index contributed by atoms with van der Waals surface area (Å²) in [5.41, 5.74) is 1.34. The second-order valence-corrected chi connectivity index (χ2v) is 6.58. The largest absolute Gasteiger partial charge is 0.308 e. The van der Waals surface area contributed by atoms with Gasteiger partial charge in [0.2, 0.25) is 0 Å². The van der Waals surface area contributed by atoms with E-state index in [0.29, 0.717) is 5.92 Å². The van der Waals surface area contributed by atoms with Crippen LogP contribution >= 0.6 is 11.3 Å². The number of thiazole rings is 1. The molecule has 1 fully saturated rings. The van der Waals surface area contributed by atoms with Gasteiger partial charge >= 0.3 is 0 Å². The van der Waals surface area contributed by atoms with E-state index >= 15 is 0 Å². The molecule has 0 spiro atoms. The molecule has 0 bridgehead atoms. The van der Waals surface area contributed by atoms with Crippen molar-refractivity contribution in [2.24, 2.45) is 0 Å². The lowest BCUT2D eigenvalue weighted by Crippen LogP contribution is -2.40. The summed E-state index contributed by atoms with van der Waals surface area (Å²) in [5.74, 6) is 0.525. The Kier molecular flexibility index (Phi) is 4.41. The number of nitrogens with one attached hydrogen (secondary N) is 1. The quantitative estimate of drug-likeness (QED) is 0.913. The van der Waals surface area contributed by atoms with Gasteiger partial charge in [0.25, 0.3) is 0 Å². The third kappa shape index (κ3) is 2.76. The molecule has 1 saturated heterocycles. The summed E-state index contributed by atoms with van der Waals surface area (Å²) in [7, 11) is 4.30. The van der Waals surface area contributed by atoms with Gasteiger partial charge in [-0.1, -0.05) is 13.8 Å². The Morgan fingerprint density at radius 2 is 2.17 bits per heavy atom. The number of rotatable bonds is 3. The van der Waals surface area contributed by atoms with Crippen molar-refractivity contribution < 1.29 is 0 Å². The Bertz CT molecular complexity index is 388. The fraction of sp³-hybridized carbons (Fsp3) is 0.786. The zero-order valence-corrected chi connectivity index (χ0v) is 12.8. The molecule has 1 aromatic rings. The molecule has 18 heavy (non-hydrogen) atoms. The van der Waals surface area contributed by atoms with Gasteiger partial charge in [0.15, 0.2) is 0 Å². The Labute approximate surface area is 115 Å². The van der Waals surface area contributed by atoms with Crippen molar-refractivity contribution >= 4 is 11.3 Å². The van der Waals surface area contributed by atoms with Crippen molar-refractivity contribution in [1.29, 1.82) is 0 Å². The highest BCUT2D eigenvalue weighted by Gasteiger charge is 2.35. The predicted molar refractivity (Wildman–Crippen MR) is 78.3 cm³/mol. The van der Waals surface area contributed by atoms with E-state index in [9.17, 15) is 0 Å². The van der Waals surface area contributed by atoms with Crippen molar-refractivity contribution in [2.45, 2.75) is 44.6 Å². The SMILES string of the molecule is CNC1(c2nc(C(C)C)cs2)CCCN(C)CC1. The lowest BCUT2D eigenvalue weighted by Gasteiger charge is -2.30. The molecule has 4 heteroatoms. The summed E-state index contributed by atoms with van der Waals surface area (Å²) >= 11 is 1.83. The first-order valence-corrected chi connectivity index (χ1v) is 7.79. The average molecular weight is 267 g/mol. The molecule has 2 rings (SSSR count). The maximum Gasteiger partial charge on any atom is 0.113 e. The van der Waals surface area contributed by atoms with Gasteiger partial charge in [-0.3, -0.25) is 0 Å². The van der Waals surface area contributed by atoms with Crippen LogP contribution in [-0.4, -0.2) is 37.1 Å². The molecular formula is C14H25N3S. The molecule has 2 heterocycles. The van der Waals surface area contributed by atoms with Gasteiger partial charge in [-0.2, -0.15) is 0 Å². The molecule has 1 aliphatic rings. The minimum atomic E-state index is 0.0998. The standard InChI is InChI=1S/C14H25N3S/c1-11(2)12-10-18-13(16-12)14(15-3)6-5-8-17(4)9-7-14/h10-11,15H,5-9H2,1-4H3. The summed E-state index contributed by atoms with van der Waals surface area (Å²) in [6, 6.07) is 0. The minimum absolute atomic E-state index is 0.0998. The molecule has 1 aliphatic heterocycles. The summed E-state index contributed by atoms with van der Waals surface area (Å²) in [6.45, 7) is 6.78. The van der Waals surface area contributed by atoms with E-state index in [0.717, 1.165) is 13.0 Å². The van der Waals surface area contributed by atoms with Crippen LogP contribution in [0, 0.1) is 0 Å². The van der Waals surface area contributed by atoms with Gasteiger partial charge in [0.05, 0.1) is 11.2 Å². The molecule has 1 N–H and O–H groups in total. The minimum Gasteiger partial charge on any atom is -0.308 e. The monoisotopic (exact) mass is 267 g/mol. The fourth-order valence-corrected chi connectivity index (χ4v) is 3.86. The first-order chi connectivity index (χ1) is 8.57. The molecule has 0 radical (unpaired) electrons. The van der Waals surface area contributed by atoms with Gasteiger partial charge in [-0.05, 0) is 45.8 Å². The maximum atomic E-state index is 4.88. The normalized spacial score (nSPS) is 26.5. The molecule has 1 atom stereocenters. The Morgan fingerprint density at radius 1 is 1.39 bits per heavy atom. The molecule has 1 aromatic heterocycles. The van der Waals surface area contributed by atoms with Crippen LogP contribution in [0.5, 0.6) is 0 Å². The third-order valence-electron chi connectivity index (χ3n) is 4.07.